The molecule has 0 aromatic rings. The second kappa shape index (κ2) is 10.8. The van der Waals surface area contributed by atoms with Crippen LogP contribution in [0.25, 0.3) is 0 Å². The van der Waals surface area contributed by atoms with Gasteiger partial charge < -0.3 is 15.5 Å². The van der Waals surface area contributed by atoms with Crippen molar-refractivity contribution < 1.29 is 4.79 Å². The average Bonchev–Trinajstić information content (AvgIpc) is 3.17. The number of thioether (sulfide) groups is 1. The lowest BCUT2D eigenvalue weighted by atomic mass is 10.1. The van der Waals surface area contributed by atoms with Crippen molar-refractivity contribution in [3.8, 4) is 0 Å². The molecule has 2 N–H and O–H groups in total. The first-order valence-corrected chi connectivity index (χ1v) is 10.5. The summed E-state index contributed by atoms with van der Waals surface area (Å²) < 4.78 is 0. The first-order valence-electron chi connectivity index (χ1n) is 9.38. The van der Waals surface area contributed by atoms with E-state index in [4.69, 9.17) is 5.73 Å². The molecule has 0 radical (unpaired) electrons. The highest BCUT2D eigenvalue weighted by molar-refractivity contribution is 14.0. The van der Waals surface area contributed by atoms with E-state index in [-0.39, 0.29) is 24.0 Å². The van der Waals surface area contributed by atoms with E-state index in [9.17, 15) is 4.79 Å². The summed E-state index contributed by atoms with van der Waals surface area (Å²) in [5, 5.41) is 0. The van der Waals surface area contributed by atoms with Crippen molar-refractivity contribution in [2.24, 2.45) is 16.6 Å². The fourth-order valence-electron chi connectivity index (χ4n) is 3.82. The van der Waals surface area contributed by atoms with Crippen LogP contribution in [0.3, 0.4) is 0 Å². The van der Waals surface area contributed by atoms with Crippen molar-refractivity contribution in [3.05, 3.63) is 0 Å². The Morgan fingerprint density at radius 2 is 1.64 bits per heavy atom. The third-order valence-electron chi connectivity index (χ3n) is 5.41. The molecule has 0 unspecified atom stereocenters. The fraction of sp³-hybridized carbons (Fsp3) is 0.882. The molecule has 0 aromatic carbocycles. The van der Waals surface area contributed by atoms with Crippen molar-refractivity contribution in [3.63, 3.8) is 0 Å². The Bertz CT molecular complexity index is 444. The molecule has 6 nitrogen and oxygen atoms in total. The van der Waals surface area contributed by atoms with Gasteiger partial charge >= 0.3 is 0 Å². The van der Waals surface area contributed by atoms with Crippen molar-refractivity contribution >= 4 is 47.6 Å². The van der Waals surface area contributed by atoms with Gasteiger partial charge in [-0.1, -0.05) is 12.8 Å². The van der Waals surface area contributed by atoms with Crippen LogP contribution in [0.15, 0.2) is 4.99 Å². The van der Waals surface area contributed by atoms with E-state index in [2.05, 4.69) is 19.7 Å². The van der Waals surface area contributed by atoms with Crippen LogP contribution in [0.5, 0.6) is 0 Å². The molecule has 0 atom stereocenters. The highest BCUT2D eigenvalue weighted by Crippen LogP contribution is 2.26. The number of nitrogens with two attached hydrogens (primary N) is 1. The summed E-state index contributed by atoms with van der Waals surface area (Å²) in [6, 6.07) is 0. The SMILES string of the molecule is I.NC(=NCCN1CCN(C(=O)C2CCCC2)CC1)N1CCSCC1. The van der Waals surface area contributed by atoms with Gasteiger partial charge in [-0.05, 0) is 12.8 Å². The Kier molecular flexibility index (Phi) is 9.12. The molecule has 2 aliphatic heterocycles. The first kappa shape index (κ1) is 21.1. The standard InChI is InChI=1S/C17H31N5OS.HI/c18-17(22-11-13-24-14-12-22)19-5-6-20-7-9-21(10-8-20)16(23)15-3-1-2-4-15;/h15H,1-14H2,(H2,18,19);1H. The normalized spacial score (nSPS) is 23.6. The zero-order chi connectivity index (χ0) is 16.8. The van der Waals surface area contributed by atoms with Crippen molar-refractivity contribution in [1.29, 1.82) is 0 Å². The number of nitrogens with zero attached hydrogens (tertiary/aromatic N) is 4. The third kappa shape index (κ3) is 6.16. The molecular weight excluding hydrogens is 449 g/mol. The van der Waals surface area contributed by atoms with E-state index in [1.54, 1.807) is 0 Å². The zero-order valence-corrected chi connectivity index (χ0v) is 18.2. The Morgan fingerprint density at radius 3 is 2.28 bits per heavy atom. The number of rotatable bonds is 4. The van der Waals surface area contributed by atoms with E-state index >= 15 is 0 Å². The zero-order valence-electron chi connectivity index (χ0n) is 15.1. The third-order valence-corrected chi connectivity index (χ3v) is 6.36. The molecule has 0 aromatic heterocycles. The van der Waals surface area contributed by atoms with Crippen LogP contribution in [-0.2, 0) is 4.79 Å². The predicted molar refractivity (Wildman–Crippen MR) is 116 cm³/mol. The van der Waals surface area contributed by atoms with Gasteiger partial charge in [0.2, 0.25) is 5.91 Å². The summed E-state index contributed by atoms with van der Waals surface area (Å²) in [6.07, 6.45) is 4.65. The van der Waals surface area contributed by atoms with Gasteiger partial charge in [0.05, 0.1) is 6.54 Å². The predicted octanol–water partition coefficient (Wildman–Crippen LogP) is 1.30. The van der Waals surface area contributed by atoms with Crippen molar-refractivity contribution in [2.75, 3.05) is 63.9 Å². The van der Waals surface area contributed by atoms with Crippen LogP contribution in [0.4, 0.5) is 0 Å². The highest BCUT2D eigenvalue weighted by Gasteiger charge is 2.29. The monoisotopic (exact) mass is 481 g/mol. The first-order chi connectivity index (χ1) is 11.7. The lowest BCUT2D eigenvalue weighted by Crippen LogP contribution is -2.50. The van der Waals surface area contributed by atoms with Crippen LogP contribution < -0.4 is 5.73 Å². The van der Waals surface area contributed by atoms with Gasteiger partial charge in [-0.15, -0.1) is 24.0 Å². The van der Waals surface area contributed by atoms with Crippen LogP contribution in [-0.4, -0.2) is 90.4 Å². The molecular formula is C17H32IN5OS. The second-order valence-electron chi connectivity index (χ2n) is 6.99. The highest BCUT2D eigenvalue weighted by atomic mass is 127. The Balaban J connectivity index is 0.00000225. The molecule has 144 valence electrons. The summed E-state index contributed by atoms with van der Waals surface area (Å²) in [5.41, 5.74) is 6.09. The summed E-state index contributed by atoms with van der Waals surface area (Å²) >= 11 is 1.98. The van der Waals surface area contributed by atoms with E-state index in [1.165, 1.54) is 12.8 Å². The number of piperazine rings is 1. The minimum absolute atomic E-state index is 0. The number of aliphatic imine (C=N–C) groups is 1. The van der Waals surface area contributed by atoms with Crippen LogP contribution in [0.1, 0.15) is 25.7 Å². The van der Waals surface area contributed by atoms with Gasteiger partial charge in [-0.2, -0.15) is 11.8 Å². The Labute approximate surface area is 173 Å². The quantitative estimate of drug-likeness (QED) is 0.373. The summed E-state index contributed by atoms with van der Waals surface area (Å²) in [7, 11) is 0. The number of hydrogen-bond donors (Lipinski definition) is 1. The minimum Gasteiger partial charge on any atom is -0.370 e. The van der Waals surface area contributed by atoms with E-state index in [0.29, 0.717) is 17.8 Å². The minimum atomic E-state index is 0. The number of halogens is 1. The maximum atomic E-state index is 12.4. The van der Waals surface area contributed by atoms with Gasteiger partial charge in [0.1, 0.15) is 0 Å². The summed E-state index contributed by atoms with van der Waals surface area (Å²) in [5.74, 6) is 3.70. The molecule has 8 heteroatoms. The van der Waals surface area contributed by atoms with Gasteiger partial charge in [-0.25, -0.2) is 0 Å². The van der Waals surface area contributed by atoms with Crippen LogP contribution in [0.2, 0.25) is 0 Å². The largest absolute Gasteiger partial charge is 0.370 e. The average molecular weight is 481 g/mol. The van der Waals surface area contributed by atoms with Crippen molar-refractivity contribution in [2.45, 2.75) is 25.7 Å². The molecule has 25 heavy (non-hydrogen) atoms. The number of carbonyl (C=O) groups excluding carboxylic acids is 1. The molecule has 3 fully saturated rings. The second-order valence-corrected chi connectivity index (χ2v) is 8.21. The number of guanidine groups is 1. The lowest BCUT2D eigenvalue weighted by molar-refractivity contribution is -0.137. The number of amides is 1. The van der Waals surface area contributed by atoms with E-state index in [1.807, 2.05) is 11.8 Å². The smallest absolute Gasteiger partial charge is 0.225 e. The van der Waals surface area contributed by atoms with Crippen molar-refractivity contribution in [1.82, 2.24) is 14.7 Å². The lowest BCUT2D eigenvalue weighted by Gasteiger charge is -2.35. The van der Waals surface area contributed by atoms with Gasteiger partial charge in [0.25, 0.3) is 0 Å². The molecule has 1 saturated carbocycles. The fourth-order valence-corrected chi connectivity index (χ4v) is 4.72. The molecule has 1 aliphatic carbocycles. The molecule has 2 heterocycles. The maximum absolute atomic E-state index is 12.4. The van der Waals surface area contributed by atoms with E-state index < -0.39 is 0 Å². The van der Waals surface area contributed by atoms with Crippen LogP contribution in [0, 0.1) is 5.92 Å². The molecule has 3 aliphatic rings. The van der Waals surface area contributed by atoms with Gasteiger partial charge in [0.15, 0.2) is 5.96 Å². The number of hydrogen-bond acceptors (Lipinski definition) is 4. The molecule has 2 saturated heterocycles. The van der Waals surface area contributed by atoms with Crippen LogP contribution >= 0.6 is 35.7 Å². The number of carbonyl (C=O) groups is 1. The maximum Gasteiger partial charge on any atom is 0.225 e. The summed E-state index contributed by atoms with van der Waals surface area (Å²) in [4.78, 5) is 23.7. The molecule has 3 rings (SSSR count). The van der Waals surface area contributed by atoms with Gasteiger partial charge in [0, 0.05) is 63.2 Å². The molecule has 1 amide bonds. The Morgan fingerprint density at radius 1 is 1.00 bits per heavy atom. The molecule has 0 spiro atoms. The molecule has 0 bridgehead atoms. The van der Waals surface area contributed by atoms with E-state index in [0.717, 1.165) is 76.7 Å². The van der Waals surface area contributed by atoms with Gasteiger partial charge in [-0.3, -0.25) is 14.7 Å². The summed E-state index contributed by atoms with van der Waals surface area (Å²) in [6.45, 7) is 7.41. The Hall–Kier alpha value is -0.220. The topological polar surface area (TPSA) is 65.2 Å².